The highest BCUT2D eigenvalue weighted by molar-refractivity contribution is 6.19. The average Bonchev–Trinajstić information content (AvgIpc) is 3.78. The zero-order chi connectivity index (χ0) is 31.5. The van der Waals surface area contributed by atoms with Crippen molar-refractivity contribution in [2.24, 2.45) is 4.99 Å². The van der Waals surface area contributed by atoms with E-state index in [9.17, 15) is 0 Å². The molecule has 0 bridgehead atoms. The number of aliphatic imine (C=N–C) groups is 1. The average molecular weight is 608 g/mol. The Morgan fingerprint density at radius 1 is 0.596 bits per heavy atom. The molecule has 0 aliphatic heterocycles. The van der Waals surface area contributed by atoms with Crippen LogP contribution >= 0.6 is 0 Å². The van der Waals surface area contributed by atoms with Crippen molar-refractivity contribution >= 4 is 61.3 Å². The summed E-state index contributed by atoms with van der Waals surface area (Å²) in [6.07, 6.45) is 0. The van der Waals surface area contributed by atoms with Crippen LogP contribution in [-0.2, 0) is 0 Å². The van der Waals surface area contributed by atoms with E-state index in [0.717, 1.165) is 72.2 Å². The van der Waals surface area contributed by atoms with Gasteiger partial charge in [0.25, 0.3) is 0 Å². The maximum atomic E-state index is 9.01. The van der Waals surface area contributed by atoms with Gasteiger partial charge in [0.1, 0.15) is 5.84 Å². The third-order valence-electron chi connectivity index (χ3n) is 8.90. The molecule has 0 atom stereocenters. The molecule has 0 unspecified atom stereocenters. The second-order valence-corrected chi connectivity index (χ2v) is 11.6. The molecule has 0 amide bonds. The predicted molar refractivity (Wildman–Crippen MR) is 193 cm³/mol. The number of aromatic nitrogens is 4. The van der Waals surface area contributed by atoms with Crippen LogP contribution in [0.25, 0.3) is 61.0 Å². The second-order valence-electron chi connectivity index (χ2n) is 11.6. The first-order chi connectivity index (χ1) is 23.2. The molecule has 47 heavy (non-hydrogen) atoms. The molecule has 3 heterocycles. The van der Waals surface area contributed by atoms with Gasteiger partial charge in [-0.15, -0.1) is 0 Å². The predicted octanol–water partition coefficient (Wildman–Crippen LogP) is 8.52. The number of para-hydroxylation sites is 4. The number of nitrogens with zero attached hydrogens (tertiary/aromatic N) is 5. The number of rotatable bonds is 4. The van der Waals surface area contributed by atoms with Crippen LogP contribution in [-0.4, -0.2) is 37.2 Å². The van der Waals surface area contributed by atoms with Crippen LogP contribution in [0.3, 0.4) is 0 Å². The summed E-state index contributed by atoms with van der Waals surface area (Å²) in [7, 11) is 1.83. The lowest BCUT2D eigenvalue weighted by atomic mass is 10.1. The molecule has 9 rings (SSSR count). The molecule has 7 heteroatoms. The van der Waals surface area contributed by atoms with E-state index >= 15 is 0 Å². The third kappa shape index (κ3) is 4.10. The van der Waals surface area contributed by atoms with Crippen molar-refractivity contribution in [3.63, 3.8) is 0 Å². The Morgan fingerprint density at radius 3 is 2.09 bits per heavy atom. The number of hydrogen-bond donors (Lipinski definition) is 2. The zero-order valence-corrected chi connectivity index (χ0v) is 25.6. The molecule has 3 aromatic heterocycles. The summed E-state index contributed by atoms with van der Waals surface area (Å²) in [5.74, 6) is 1.70. The van der Waals surface area contributed by atoms with Gasteiger partial charge >= 0.3 is 0 Å². The van der Waals surface area contributed by atoms with Crippen LogP contribution in [0.5, 0.6) is 0 Å². The van der Waals surface area contributed by atoms with E-state index in [1.807, 2.05) is 61.6 Å². The zero-order valence-electron chi connectivity index (χ0n) is 25.6. The van der Waals surface area contributed by atoms with E-state index < -0.39 is 0 Å². The van der Waals surface area contributed by atoms with Gasteiger partial charge < -0.3 is 9.88 Å². The van der Waals surface area contributed by atoms with E-state index in [1.54, 1.807) is 0 Å². The first-order valence-electron chi connectivity index (χ1n) is 15.6. The minimum absolute atomic E-state index is 0.184. The normalized spacial score (nSPS) is 12.1. The molecule has 9 aromatic rings. The summed E-state index contributed by atoms with van der Waals surface area (Å²) >= 11 is 0. The summed E-state index contributed by atoms with van der Waals surface area (Å²) in [6, 6.07) is 49.8. The molecule has 0 spiro atoms. The van der Waals surface area contributed by atoms with Crippen molar-refractivity contribution in [2.45, 2.75) is 0 Å². The lowest BCUT2D eigenvalue weighted by Gasteiger charge is -2.13. The molecule has 6 aromatic carbocycles. The molecular weight excluding hydrogens is 578 g/mol. The van der Waals surface area contributed by atoms with Crippen molar-refractivity contribution in [1.82, 2.24) is 23.8 Å². The van der Waals surface area contributed by atoms with Gasteiger partial charge in [0.05, 0.1) is 33.1 Å². The molecule has 224 valence electrons. The smallest absolute Gasteiger partial charge is 0.220 e. The Labute approximate surface area is 270 Å². The molecule has 2 N–H and O–H groups in total. The second kappa shape index (κ2) is 10.6. The summed E-state index contributed by atoms with van der Waals surface area (Å²) in [6.45, 7) is 0. The summed E-state index contributed by atoms with van der Waals surface area (Å²) in [5.41, 5.74) is 9.98. The van der Waals surface area contributed by atoms with Gasteiger partial charge in [-0.05, 0) is 54.6 Å². The molecule has 0 aliphatic carbocycles. The van der Waals surface area contributed by atoms with E-state index in [4.69, 9.17) is 15.4 Å². The molecular formula is C40H29N7. The quantitative estimate of drug-likeness (QED) is 0.155. The minimum atomic E-state index is 0.184. The van der Waals surface area contributed by atoms with E-state index in [2.05, 4.69) is 110 Å². The Morgan fingerprint density at radius 2 is 1.28 bits per heavy atom. The van der Waals surface area contributed by atoms with Crippen LogP contribution in [0, 0.1) is 5.41 Å². The lowest BCUT2D eigenvalue weighted by molar-refractivity contribution is 1.10. The number of imidazole rings is 2. The number of fused-ring (bicyclic) bond motifs is 9. The molecule has 0 fully saturated rings. The fraction of sp³-hybridized carbons (Fsp3) is 0.0250. The van der Waals surface area contributed by atoms with Gasteiger partial charge in [-0.2, -0.15) is 0 Å². The highest BCUT2D eigenvalue weighted by Crippen LogP contribution is 2.40. The standard InChI is InChI=1S/C40H29N7/c1-42-39(26-13-4-2-5-14-26)44-38(41)27-15-12-18-29(25-27)45-33-21-10-8-19-30(33)31-23-24-35-37(36(31)45)46(28-16-6-3-7-17-28)40-43-32-20-9-11-22-34(32)47(35)40/h2-25H,1H3,(H2,41,42,44). The Bertz CT molecular complexity index is 2670. The summed E-state index contributed by atoms with van der Waals surface area (Å²) < 4.78 is 6.87. The van der Waals surface area contributed by atoms with Gasteiger partial charge in [-0.25, -0.2) is 9.98 Å². The SMILES string of the molecule is CNC(=NC(=N)c1cccc(-n2c3ccccc3c3ccc4c(c32)n(-c2ccccc2)c2nc3ccccc3n42)c1)c1ccccc1. The van der Waals surface area contributed by atoms with Gasteiger partial charge in [-0.3, -0.25) is 14.4 Å². The summed E-state index contributed by atoms with van der Waals surface area (Å²) in [4.78, 5) is 9.86. The summed E-state index contributed by atoms with van der Waals surface area (Å²) in [5, 5.41) is 14.5. The molecule has 7 nitrogen and oxygen atoms in total. The molecule has 0 saturated carbocycles. The largest absolute Gasteiger partial charge is 0.373 e. The topological polar surface area (TPSA) is 75.4 Å². The van der Waals surface area contributed by atoms with Crippen LogP contribution in [0.4, 0.5) is 0 Å². The minimum Gasteiger partial charge on any atom is -0.373 e. The highest BCUT2D eigenvalue weighted by Gasteiger charge is 2.23. The van der Waals surface area contributed by atoms with E-state index in [0.29, 0.717) is 5.84 Å². The maximum absolute atomic E-state index is 9.01. The van der Waals surface area contributed by atoms with Gasteiger partial charge in [0.2, 0.25) is 5.78 Å². The van der Waals surface area contributed by atoms with E-state index in [1.165, 1.54) is 0 Å². The number of amidine groups is 2. The molecule has 0 saturated heterocycles. The van der Waals surface area contributed by atoms with Crippen molar-refractivity contribution in [3.05, 3.63) is 157 Å². The van der Waals surface area contributed by atoms with Crippen LogP contribution in [0.1, 0.15) is 11.1 Å². The van der Waals surface area contributed by atoms with Gasteiger partial charge in [0.15, 0.2) is 5.84 Å². The number of hydrogen-bond acceptors (Lipinski definition) is 2. The van der Waals surface area contributed by atoms with Crippen molar-refractivity contribution in [2.75, 3.05) is 7.05 Å². The monoisotopic (exact) mass is 607 g/mol. The molecule has 0 radical (unpaired) electrons. The van der Waals surface area contributed by atoms with Crippen LogP contribution in [0.15, 0.2) is 151 Å². The fourth-order valence-electron chi connectivity index (χ4n) is 6.85. The third-order valence-corrected chi connectivity index (χ3v) is 8.90. The first-order valence-corrected chi connectivity index (χ1v) is 15.6. The Balaban J connectivity index is 1.36. The van der Waals surface area contributed by atoms with Crippen LogP contribution < -0.4 is 5.32 Å². The van der Waals surface area contributed by atoms with Crippen LogP contribution in [0.2, 0.25) is 0 Å². The van der Waals surface area contributed by atoms with Crippen molar-refractivity contribution in [3.8, 4) is 11.4 Å². The van der Waals surface area contributed by atoms with Gasteiger partial charge in [0, 0.05) is 40.3 Å². The van der Waals surface area contributed by atoms with Gasteiger partial charge in [-0.1, -0.05) is 91.0 Å². The van der Waals surface area contributed by atoms with Crippen molar-refractivity contribution < 1.29 is 0 Å². The first kappa shape index (κ1) is 26.9. The Kier molecular flexibility index (Phi) is 6.04. The lowest BCUT2D eigenvalue weighted by Crippen LogP contribution is -2.21. The molecule has 0 aliphatic rings. The highest BCUT2D eigenvalue weighted by atomic mass is 15.2. The number of nitrogens with one attached hydrogen (secondary N) is 2. The van der Waals surface area contributed by atoms with Crippen molar-refractivity contribution in [1.29, 1.82) is 5.41 Å². The Hall–Kier alpha value is -6.47. The fourth-order valence-corrected chi connectivity index (χ4v) is 6.85. The van der Waals surface area contributed by atoms with E-state index in [-0.39, 0.29) is 5.84 Å². The number of benzene rings is 6. The maximum Gasteiger partial charge on any atom is 0.220 e.